The molecule has 1 aliphatic heterocycles. The number of carbonyl (C=O) groups is 1. The number of alkyl halides is 1. The Bertz CT molecular complexity index is 736. The number of nitrogens with zero attached hydrogens (tertiary/aromatic N) is 2. The molecule has 0 aliphatic carbocycles. The van der Waals surface area contributed by atoms with Crippen LogP contribution in [0.25, 0.3) is 0 Å². The third kappa shape index (κ3) is 6.03. The molecule has 1 atom stereocenters. The fourth-order valence-corrected chi connectivity index (χ4v) is 3.48. The number of hydrogen-bond acceptors (Lipinski definition) is 4. The summed E-state index contributed by atoms with van der Waals surface area (Å²) in [7, 11) is 1.68. The molecule has 2 aromatic rings. The molecule has 0 aromatic heterocycles. The van der Waals surface area contributed by atoms with Gasteiger partial charge in [0.1, 0.15) is 5.75 Å². The lowest BCUT2D eigenvalue weighted by Gasteiger charge is -2.36. The zero-order valence-corrected chi connectivity index (χ0v) is 17.0. The summed E-state index contributed by atoms with van der Waals surface area (Å²) in [4.78, 5) is 16.3. The number of ether oxygens (including phenoxy) is 1. The van der Waals surface area contributed by atoms with Gasteiger partial charge in [0.2, 0.25) is 0 Å². The number of methoxy groups -OCH3 is 1. The second kappa shape index (κ2) is 11.1. The maximum atomic E-state index is 14.6. The Balaban J connectivity index is 0.00000280. The molecule has 0 saturated carbocycles. The quantitative estimate of drug-likeness (QED) is 0.486. The van der Waals surface area contributed by atoms with Crippen LogP contribution in [0.15, 0.2) is 54.6 Å². The fraction of sp³-hybridized carbons (Fsp3) is 0.409. The summed E-state index contributed by atoms with van der Waals surface area (Å²) >= 11 is 0. The highest BCUT2D eigenvalue weighted by Crippen LogP contribution is 2.21. The molecule has 1 saturated heterocycles. The molecule has 0 amide bonds. The highest BCUT2D eigenvalue weighted by atomic mass is 35.5. The average Bonchev–Trinajstić information content (AvgIpc) is 2.73. The van der Waals surface area contributed by atoms with Crippen molar-refractivity contribution >= 4 is 18.2 Å². The first-order valence-electron chi connectivity index (χ1n) is 9.48. The average molecular weight is 407 g/mol. The van der Waals surface area contributed by atoms with E-state index in [0.717, 1.165) is 30.9 Å². The van der Waals surface area contributed by atoms with E-state index in [1.54, 1.807) is 19.2 Å². The molecule has 3 rings (SSSR count). The van der Waals surface area contributed by atoms with Gasteiger partial charge in [-0.25, -0.2) is 4.39 Å². The molecular formula is C22H28ClFN2O2. The molecule has 152 valence electrons. The molecule has 2 aromatic carbocycles. The van der Waals surface area contributed by atoms with E-state index in [4.69, 9.17) is 4.74 Å². The number of ketones is 1. The van der Waals surface area contributed by atoms with E-state index < -0.39 is 6.30 Å². The molecule has 0 radical (unpaired) electrons. The third-order valence-corrected chi connectivity index (χ3v) is 5.09. The monoisotopic (exact) mass is 406 g/mol. The summed E-state index contributed by atoms with van der Waals surface area (Å²) in [6.07, 6.45) is -0.571. The molecule has 4 nitrogen and oxygen atoms in total. The minimum atomic E-state index is -1.06. The van der Waals surface area contributed by atoms with Crippen molar-refractivity contribution in [1.82, 2.24) is 9.80 Å². The Morgan fingerprint density at radius 3 is 2.36 bits per heavy atom. The fourth-order valence-electron chi connectivity index (χ4n) is 3.48. The highest BCUT2D eigenvalue weighted by molar-refractivity contribution is 5.95. The van der Waals surface area contributed by atoms with Gasteiger partial charge < -0.3 is 4.74 Å². The molecule has 0 spiro atoms. The van der Waals surface area contributed by atoms with Crippen LogP contribution in [0.1, 0.15) is 28.8 Å². The van der Waals surface area contributed by atoms with Crippen molar-refractivity contribution in [2.75, 3.05) is 33.3 Å². The van der Waals surface area contributed by atoms with Gasteiger partial charge in [0.25, 0.3) is 0 Å². The lowest BCUT2D eigenvalue weighted by molar-refractivity contribution is 0.0236. The van der Waals surface area contributed by atoms with Crippen molar-refractivity contribution in [2.24, 2.45) is 0 Å². The second-order valence-corrected chi connectivity index (χ2v) is 6.89. The normalized spacial score (nSPS) is 16.2. The van der Waals surface area contributed by atoms with Gasteiger partial charge in [-0.15, -0.1) is 12.4 Å². The summed E-state index contributed by atoms with van der Waals surface area (Å²) in [5, 5.41) is 0. The van der Waals surface area contributed by atoms with Gasteiger partial charge >= 0.3 is 0 Å². The predicted octanol–water partition coefficient (Wildman–Crippen LogP) is 4.19. The van der Waals surface area contributed by atoms with Crippen LogP contribution in [0.5, 0.6) is 5.75 Å². The zero-order chi connectivity index (χ0) is 19.1. The largest absolute Gasteiger partial charge is 0.496 e. The van der Waals surface area contributed by atoms with Gasteiger partial charge in [-0.2, -0.15) is 0 Å². The summed E-state index contributed by atoms with van der Waals surface area (Å²) in [6, 6.07) is 17.1. The second-order valence-electron chi connectivity index (χ2n) is 6.89. The maximum Gasteiger partial charge on any atom is 0.163 e. The lowest BCUT2D eigenvalue weighted by Crippen LogP contribution is -2.48. The van der Waals surface area contributed by atoms with Gasteiger partial charge in [0.15, 0.2) is 12.1 Å². The lowest BCUT2D eigenvalue weighted by atomic mass is 10.1. The topological polar surface area (TPSA) is 32.8 Å². The van der Waals surface area contributed by atoms with Crippen molar-refractivity contribution < 1.29 is 13.9 Å². The Labute approximate surface area is 172 Å². The highest BCUT2D eigenvalue weighted by Gasteiger charge is 2.24. The zero-order valence-electron chi connectivity index (χ0n) is 16.2. The number of rotatable bonds is 8. The molecule has 1 fully saturated rings. The molecule has 1 unspecified atom stereocenters. The van der Waals surface area contributed by atoms with Crippen LogP contribution >= 0.6 is 12.4 Å². The van der Waals surface area contributed by atoms with Crippen molar-refractivity contribution in [2.45, 2.75) is 25.7 Å². The first-order chi connectivity index (χ1) is 13.2. The van der Waals surface area contributed by atoms with Crippen LogP contribution in [0.4, 0.5) is 4.39 Å². The van der Waals surface area contributed by atoms with Gasteiger partial charge in [0, 0.05) is 50.3 Å². The number of para-hydroxylation sites is 1. The Morgan fingerprint density at radius 1 is 1.04 bits per heavy atom. The van der Waals surface area contributed by atoms with E-state index in [9.17, 15) is 9.18 Å². The number of hydrogen-bond donors (Lipinski definition) is 0. The predicted molar refractivity (Wildman–Crippen MR) is 112 cm³/mol. The van der Waals surface area contributed by atoms with Crippen LogP contribution in [0.3, 0.4) is 0 Å². The van der Waals surface area contributed by atoms with Crippen LogP contribution in [-0.2, 0) is 6.54 Å². The summed E-state index contributed by atoms with van der Waals surface area (Å²) < 4.78 is 20.0. The standard InChI is InChI=1S/C22H27FN2O2.ClH/c1-27-21-10-6-5-9-19(21)17-24-13-15-25(16-14-24)22(23)12-11-20(26)18-7-3-2-4-8-18;/h2-10,22H,11-17H2,1H3;1H. The third-order valence-electron chi connectivity index (χ3n) is 5.09. The van der Waals surface area contributed by atoms with E-state index in [2.05, 4.69) is 11.0 Å². The van der Waals surface area contributed by atoms with Crippen LogP contribution < -0.4 is 4.74 Å². The first-order valence-corrected chi connectivity index (χ1v) is 9.48. The van der Waals surface area contributed by atoms with Crippen LogP contribution in [0.2, 0.25) is 0 Å². The van der Waals surface area contributed by atoms with Crippen molar-refractivity contribution in [3.8, 4) is 5.75 Å². The van der Waals surface area contributed by atoms with Crippen LogP contribution in [0, 0.1) is 0 Å². The number of piperazine rings is 1. The van der Waals surface area contributed by atoms with Crippen molar-refractivity contribution in [1.29, 1.82) is 0 Å². The molecule has 1 aliphatic rings. The van der Waals surface area contributed by atoms with E-state index in [-0.39, 0.29) is 31.0 Å². The minimum absolute atomic E-state index is 0. The number of carbonyl (C=O) groups excluding carboxylic acids is 1. The Hall–Kier alpha value is -1.95. The molecule has 0 bridgehead atoms. The minimum Gasteiger partial charge on any atom is -0.496 e. The Kier molecular flexibility index (Phi) is 8.90. The smallest absolute Gasteiger partial charge is 0.163 e. The van der Waals surface area contributed by atoms with Crippen molar-refractivity contribution in [3.05, 3.63) is 65.7 Å². The van der Waals surface area contributed by atoms with E-state index in [1.165, 1.54) is 0 Å². The van der Waals surface area contributed by atoms with Gasteiger partial charge in [0.05, 0.1) is 7.11 Å². The maximum absolute atomic E-state index is 14.6. The van der Waals surface area contributed by atoms with E-state index in [1.807, 2.05) is 41.3 Å². The number of Topliss-reactive ketones (excluding diaryl/α,β-unsaturated/α-hetero) is 1. The SMILES string of the molecule is COc1ccccc1CN1CCN(C(F)CCC(=O)c2ccccc2)CC1.Cl. The Morgan fingerprint density at radius 2 is 1.68 bits per heavy atom. The first kappa shape index (κ1) is 22.3. The molecule has 6 heteroatoms. The summed E-state index contributed by atoms with van der Waals surface area (Å²) in [5.41, 5.74) is 1.81. The van der Waals surface area contributed by atoms with Gasteiger partial charge in [-0.3, -0.25) is 14.6 Å². The molecule has 1 heterocycles. The van der Waals surface area contributed by atoms with Gasteiger partial charge in [-0.1, -0.05) is 48.5 Å². The van der Waals surface area contributed by atoms with Crippen LogP contribution in [-0.4, -0.2) is 55.2 Å². The van der Waals surface area contributed by atoms with Gasteiger partial charge in [-0.05, 0) is 12.5 Å². The van der Waals surface area contributed by atoms with E-state index in [0.29, 0.717) is 18.7 Å². The molecule has 0 N–H and O–H groups in total. The number of halogens is 2. The number of benzene rings is 2. The summed E-state index contributed by atoms with van der Waals surface area (Å²) in [6.45, 7) is 3.78. The van der Waals surface area contributed by atoms with Crippen molar-refractivity contribution in [3.63, 3.8) is 0 Å². The molecular weight excluding hydrogens is 379 g/mol. The molecule has 28 heavy (non-hydrogen) atoms. The summed E-state index contributed by atoms with van der Waals surface area (Å²) in [5.74, 6) is 0.899. The van der Waals surface area contributed by atoms with E-state index >= 15 is 0 Å².